The fourth-order valence-corrected chi connectivity index (χ4v) is 3.82. The van der Waals surface area contributed by atoms with Crippen LogP contribution in [0, 0.1) is 0 Å². The molecule has 3 rings (SSSR count). The van der Waals surface area contributed by atoms with E-state index in [4.69, 9.17) is 0 Å². The molecule has 1 amide bonds. The normalized spacial score (nSPS) is 12.0. The average molecular weight is 379 g/mol. The molecular weight excluding hydrogens is 368 g/mol. The number of thiophene rings is 2. The van der Waals surface area contributed by atoms with E-state index in [-0.39, 0.29) is 11.9 Å². The second-order valence-electron chi connectivity index (χ2n) is 4.37. The van der Waals surface area contributed by atoms with Crippen molar-refractivity contribution in [2.75, 3.05) is 0 Å². The molecule has 0 bridgehead atoms. The van der Waals surface area contributed by atoms with Gasteiger partial charge in [-0.25, -0.2) is 0 Å². The van der Waals surface area contributed by atoms with E-state index in [0.717, 1.165) is 14.9 Å². The van der Waals surface area contributed by atoms with E-state index in [1.807, 2.05) is 29.0 Å². The Labute approximate surface area is 138 Å². The predicted octanol–water partition coefficient (Wildman–Crippen LogP) is 4.49. The fourth-order valence-electron chi connectivity index (χ4n) is 1.96. The molecule has 0 fully saturated rings. The highest BCUT2D eigenvalue weighted by atomic mass is 79.9. The van der Waals surface area contributed by atoms with Crippen LogP contribution in [0.4, 0.5) is 0 Å². The maximum atomic E-state index is 12.4. The molecule has 3 nitrogen and oxygen atoms in total. The summed E-state index contributed by atoms with van der Waals surface area (Å²) in [6, 6.07) is 7.71. The number of carbonyl (C=O) groups is 1. The Hall–Kier alpha value is -1.50. The Morgan fingerprint density at radius 3 is 2.86 bits per heavy atom. The Balaban J connectivity index is 1.87. The highest BCUT2D eigenvalue weighted by Gasteiger charge is 2.19. The number of hydrogen-bond acceptors (Lipinski definition) is 4. The second-order valence-corrected chi connectivity index (χ2v) is 7.05. The summed E-state index contributed by atoms with van der Waals surface area (Å²) in [7, 11) is 0. The van der Waals surface area contributed by atoms with Crippen molar-refractivity contribution in [2.45, 2.75) is 6.04 Å². The number of nitrogens with zero attached hydrogens (tertiary/aromatic N) is 1. The molecule has 0 radical (unpaired) electrons. The van der Waals surface area contributed by atoms with Gasteiger partial charge in [-0.05, 0) is 55.8 Å². The Morgan fingerprint density at radius 1 is 1.29 bits per heavy atom. The maximum absolute atomic E-state index is 12.4. The summed E-state index contributed by atoms with van der Waals surface area (Å²) in [5.41, 5.74) is 1.64. The third-order valence-electron chi connectivity index (χ3n) is 2.95. The van der Waals surface area contributed by atoms with Crippen LogP contribution in [-0.4, -0.2) is 10.9 Å². The molecule has 1 atom stereocenters. The van der Waals surface area contributed by atoms with Crippen LogP contribution >= 0.6 is 38.6 Å². The molecule has 1 N–H and O–H groups in total. The smallest absolute Gasteiger partial charge is 0.253 e. The van der Waals surface area contributed by atoms with E-state index in [2.05, 4.69) is 31.6 Å². The van der Waals surface area contributed by atoms with Gasteiger partial charge in [-0.3, -0.25) is 9.78 Å². The molecule has 0 aliphatic heterocycles. The molecule has 106 valence electrons. The molecule has 0 spiro atoms. The third kappa shape index (κ3) is 3.40. The summed E-state index contributed by atoms with van der Waals surface area (Å²) in [6.07, 6.45) is 3.23. The number of halogens is 1. The first-order valence-electron chi connectivity index (χ1n) is 6.21. The van der Waals surface area contributed by atoms with Crippen molar-refractivity contribution in [1.82, 2.24) is 10.3 Å². The number of aromatic nitrogens is 1. The van der Waals surface area contributed by atoms with Crippen molar-refractivity contribution in [2.24, 2.45) is 0 Å². The summed E-state index contributed by atoms with van der Waals surface area (Å²) in [6.45, 7) is 0. The lowest BCUT2D eigenvalue weighted by molar-refractivity contribution is 0.0943. The van der Waals surface area contributed by atoms with Crippen molar-refractivity contribution < 1.29 is 4.79 Å². The summed E-state index contributed by atoms with van der Waals surface area (Å²) in [5, 5.41) is 9.17. The second kappa shape index (κ2) is 6.51. The molecule has 0 saturated heterocycles. The number of carbonyl (C=O) groups excluding carboxylic acids is 1. The lowest BCUT2D eigenvalue weighted by atomic mass is 10.1. The number of amides is 1. The van der Waals surface area contributed by atoms with Gasteiger partial charge < -0.3 is 5.32 Å². The van der Waals surface area contributed by atoms with Gasteiger partial charge in [-0.1, -0.05) is 6.07 Å². The molecule has 3 heterocycles. The zero-order valence-corrected chi connectivity index (χ0v) is 14.0. The number of hydrogen-bond donors (Lipinski definition) is 1. The van der Waals surface area contributed by atoms with Gasteiger partial charge in [0.25, 0.3) is 5.91 Å². The van der Waals surface area contributed by atoms with Gasteiger partial charge in [0.1, 0.15) is 0 Å². The Bertz CT molecular complexity index is 692. The lowest BCUT2D eigenvalue weighted by Crippen LogP contribution is -2.28. The fraction of sp³-hybridized carbons (Fsp3) is 0.0667. The van der Waals surface area contributed by atoms with Gasteiger partial charge in [-0.2, -0.15) is 11.3 Å². The van der Waals surface area contributed by atoms with Gasteiger partial charge in [0.2, 0.25) is 0 Å². The highest BCUT2D eigenvalue weighted by Crippen LogP contribution is 2.28. The molecule has 0 unspecified atom stereocenters. The van der Waals surface area contributed by atoms with E-state index in [9.17, 15) is 4.79 Å². The molecular formula is C15H11BrN2OS2. The number of rotatable bonds is 4. The van der Waals surface area contributed by atoms with Crippen LogP contribution in [-0.2, 0) is 0 Å². The van der Waals surface area contributed by atoms with E-state index >= 15 is 0 Å². The van der Waals surface area contributed by atoms with Crippen LogP contribution in [0.25, 0.3) is 0 Å². The van der Waals surface area contributed by atoms with E-state index in [0.29, 0.717) is 5.56 Å². The molecule has 6 heteroatoms. The van der Waals surface area contributed by atoms with E-state index in [1.54, 1.807) is 41.1 Å². The highest BCUT2D eigenvalue weighted by molar-refractivity contribution is 9.10. The minimum Gasteiger partial charge on any atom is -0.340 e. The van der Waals surface area contributed by atoms with Gasteiger partial charge >= 0.3 is 0 Å². The SMILES string of the molecule is O=C(N[C@@H](c1ccsc1)c1cccs1)c1cncc(Br)c1. The van der Waals surface area contributed by atoms with Crippen LogP contribution in [0.2, 0.25) is 0 Å². The third-order valence-corrected chi connectivity index (χ3v) is 5.02. The van der Waals surface area contributed by atoms with E-state index in [1.165, 1.54) is 0 Å². The first-order chi connectivity index (χ1) is 10.2. The summed E-state index contributed by atoms with van der Waals surface area (Å²) >= 11 is 6.59. The molecule has 0 saturated carbocycles. The molecule has 3 aromatic heterocycles. The Morgan fingerprint density at radius 2 is 2.19 bits per heavy atom. The van der Waals surface area contributed by atoms with Crippen LogP contribution in [0.15, 0.2) is 57.3 Å². The minimum absolute atomic E-state index is 0.122. The summed E-state index contributed by atoms with van der Waals surface area (Å²) in [4.78, 5) is 17.6. The number of pyridine rings is 1. The van der Waals surface area contributed by atoms with E-state index < -0.39 is 0 Å². The van der Waals surface area contributed by atoms with Crippen molar-refractivity contribution in [3.63, 3.8) is 0 Å². The number of nitrogens with one attached hydrogen (secondary N) is 1. The Kier molecular flexibility index (Phi) is 4.48. The topological polar surface area (TPSA) is 42.0 Å². The molecule has 0 aliphatic carbocycles. The van der Waals surface area contributed by atoms with Crippen LogP contribution in [0.1, 0.15) is 26.8 Å². The van der Waals surface area contributed by atoms with Crippen molar-refractivity contribution >= 4 is 44.5 Å². The van der Waals surface area contributed by atoms with Crippen LogP contribution in [0.3, 0.4) is 0 Å². The lowest BCUT2D eigenvalue weighted by Gasteiger charge is -2.16. The van der Waals surface area contributed by atoms with Crippen molar-refractivity contribution in [1.29, 1.82) is 0 Å². The predicted molar refractivity (Wildman–Crippen MR) is 89.9 cm³/mol. The average Bonchev–Trinajstić information content (AvgIpc) is 3.18. The van der Waals surface area contributed by atoms with Gasteiger partial charge in [-0.15, -0.1) is 11.3 Å². The van der Waals surface area contributed by atoms with Crippen molar-refractivity contribution in [3.05, 3.63) is 73.3 Å². The summed E-state index contributed by atoms with van der Waals surface area (Å²) < 4.78 is 0.790. The molecule has 21 heavy (non-hydrogen) atoms. The van der Waals surface area contributed by atoms with Gasteiger partial charge in [0.15, 0.2) is 0 Å². The maximum Gasteiger partial charge on any atom is 0.253 e. The first kappa shape index (κ1) is 14.4. The van der Waals surface area contributed by atoms with Crippen molar-refractivity contribution in [3.8, 4) is 0 Å². The largest absolute Gasteiger partial charge is 0.340 e. The monoisotopic (exact) mass is 378 g/mol. The van der Waals surface area contributed by atoms with Gasteiger partial charge in [0.05, 0.1) is 11.6 Å². The quantitative estimate of drug-likeness (QED) is 0.726. The van der Waals surface area contributed by atoms with Crippen LogP contribution in [0.5, 0.6) is 0 Å². The summed E-state index contributed by atoms with van der Waals surface area (Å²) in [5.74, 6) is -0.131. The molecule has 3 aromatic rings. The molecule has 0 aliphatic rings. The standard InChI is InChI=1S/C15H11BrN2OS2/c16-12-6-11(7-17-8-12)15(19)18-14(10-3-5-20-9-10)13-2-1-4-21-13/h1-9,14H,(H,18,19)/t14-/m0/s1. The van der Waals surface area contributed by atoms with Crippen LogP contribution < -0.4 is 5.32 Å². The molecule has 0 aromatic carbocycles. The zero-order valence-electron chi connectivity index (χ0n) is 10.8. The zero-order chi connectivity index (χ0) is 14.7. The first-order valence-corrected chi connectivity index (χ1v) is 8.82. The van der Waals surface area contributed by atoms with Gasteiger partial charge in [0, 0.05) is 21.7 Å². The minimum atomic E-state index is -0.131.